The Bertz CT molecular complexity index is 223. The van der Waals surface area contributed by atoms with E-state index in [-0.39, 0.29) is 5.78 Å². The van der Waals surface area contributed by atoms with Crippen molar-refractivity contribution in [2.75, 3.05) is 0 Å². The molecular formula is C12H18O. The van der Waals surface area contributed by atoms with Crippen LogP contribution in [0.5, 0.6) is 0 Å². The van der Waals surface area contributed by atoms with Crippen LogP contribution in [0.1, 0.15) is 45.4 Å². The van der Waals surface area contributed by atoms with Gasteiger partial charge < -0.3 is 0 Å². The summed E-state index contributed by atoms with van der Waals surface area (Å²) in [5.74, 6) is 0.250. The first-order valence-electron chi connectivity index (χ1n) is 5.23. The van der Waals surface area contributed by atoms with Crippen molar-refractivity contribution in [1.82, 2.24) is 0 Å². The van der Waals surface area contributed by atoms with E-state index in [2.05, 4.69) is 13.0 Å². The maximum absolute atomic E-state index is 10.9. The van der Waals surface area contributed by atoms with Gasteiger partial charge in [0.05, 0.1) is 0 Å². The second-order valence-electron chi connectivity index (χ2n) is 3.60. The van der Waals surface area contributed by atoms with Gasteiger partial charge in [-0.05, 0) is 24.5 Å². The van der Waals surface area contributed by atoms with Crippen LogP contribution in [0.2, 0.25) is 0 Å². The lowest BCUT2D eigenvalue weighted by atomic mass is 10.1. The molecule has 1 nitrogen and oxygen atoms in total. The highest BCUT2D eigenvalue weighted by atomic mass is 16.1. The molecule has 0 radical (unpaired) electrons. The van der Waals surface area contributed by atoms with Crippen LogP contribution >= 0.6 is 0 Å². The molecule has 0 N–H and O–H groups in total. The number of carbonyl (C=O) groups is 1. The topological polar surface area (TPSA) is 17.1 Å². The molecule has 0 spiro atoms. The normalized spacial score (nSPS) is 18.8. The van der Waals surface area contributed by atoms with E-state index < -0.39 is 0 Å². The first-order valence-corrected chi connectivity index (χ1v) is 5.23. The fourth-order valence-corrected chi connectivity index (χ4v) is 1.52. The van der Waals surface area contributed by atoms with Crippen LogP contribution in [0.15, 0.2) is 23.8 Å². The summed E-state index contributed by atoms with van der Waals surface area (Å²) in [7, 11) is 0. The number of carbonyl (C=O) groups excluding carboxylic acids is 1. The summed E-state index contributed by atoms with van der Waals surface area (Å²) in [5.41, 5.74) is 1.21. The molecule has 0 aliphatic heterocycles. The van der Waals surface area contributed by atoms with E-state index in [1.54, 1.807) is 6.08 Å². The van der Waals surface area contributed by atoms with Crippen LogP contribution in [0.3, 0.4) is 0 Å². The van der Waals surface area contributed by atoms with Crippen molar-refractivity contribution in [3.05, 3.63) is 23.8 Å². The third-order valence-corrected chi connectivity index (χ3v) is 2.33. The van der Waals surface area contributed by atoms with Crippen LogP contribution in [0, 0.1) is 0 Å². The van der Waals surface area contributed by atoms with E-state index in [0.29, 0.717) is 6.42 Å². The van der Waals surface area contributed by atoms with Crippen molar-refractivity contribution in [2.24, 2.45) is 0 Å². The Balaban J connectivity index is 2.11. The van der Waals surface area contributed by atoms with Crippen LogP contribution < -0.4 is 0 Å². The van der Waals surface area contributed by atoms with Gasteiger partial charge in [0, 0.05) is 6.42 Å². The fourth-order valence-electron chi connectivity index (χ4n) is 1.52. The van der Waals surface area contributed by atoms with Gasteiger partial charge in [0.15, 0.2) is 5.78 Å². The highest BCUT2D eigenvalue weighted by Gasteiger charge is 2.06. The number of unbranched alkanes of at least 4 members (excludes halogenated alkanes) is 4. The van der Waals surface area contributed by atoms with Gasteiger partial charge in [-0.15, -0.1) is 0 Å². The average Bonchev–Trinajstić information content (AvgIpc) is 2.51. The Labute approximate surface area is 80.5 Å². The molecule has 0 aromatic heterocycles. The van der Waals surface area contributed by atoms with Gasteiger partial charge >= 0.3 is 0 Å². The Morgan fingerprint density at radius 1 is 1.31 bits per heavy atom. The molecule has 0 saturated heterocycles. The summed E-state index contributed by atoms with van der Waals surface area (Å²) in [4.78, 5) is 10.9. The summed E-state index contributed by atoms with van der Waals surface area (Å²) in [6.07, 6.45) is 12.8. The summed E-state index contributed by atoms with van der Waals surface area (Å²) < 4.78 is 0. The van der Waals surface area contributed by atoms with E-state index in [0.717, 1.165) is 6.42 Å². The fraction of sp³-hybridized carbons (Fsp3) is 0.583. The van der Waals surface area contributed by atoms with Gasteiger partial charge in [-0.3, -0.25) is 4.79 Å². The molecule has 0 unspecified atom stereocenters. The lowest BCUT2D eigenvalue weighted by Crippen LogP contribution is -1.84. The maximum Gasteiger partial charge on any atom is 0.160 e. The molecular weight excluding hydrogens is 160 g/mol. The highest BCUT2D eigenvalue weighted by Crippen LogP contribution is 2.14. The molecule has 0 atom stereocenters. The number of ketones is 1. The molecule has 0 heterocycles. The van der Waals surface area contributed by atoms with Gasteiger partial charge in [-0.1, -0.05) is 38.3 Å². The Kier molecular flexibility index (Phi) is 4.52. The SMILES string of the molecule is CCCCCC/C=C1/C=CC(=O)C1. The van der Waals surface area contributed by atoms with Crippen molar-refractivity contribution < 1.29 is 4.79 Å². The van der Waals surface area contributed by atoms with Crippen molar-refractivity contribution in [3.8, 4) is 0 Å². The van der Waals surface area contributed by atoms with E-state index in [1.165, 1.54) is 31.3 Å². The number of rotatable bonds is 5. The number of hydrogen-bond donors (Lipinski definition) is 0. The zero-order valence-corrected chi connectivity index (χ0v) is 8.38. The molecule has 1 aliphatic rings. The van der Waals surface area contributed by atoms with Gasteiger partial charge in [0.2, 0.25) is 0 Å². The van der Waals surface area contributed by atoms with Gasteiger partial charge in [0.1, 0.15) is 0 Å². The van der Waals surface area contributed by atoms with Gasteiger partial charge in [0.25, 0.3) is 0 Å². The third-order valence-electron chi connectivity index (χ3n) is 2.33. The van der Waals surface area contributed by atoms with Crippen LogP contribution in [0.25, 0.3) is 0 Å². The quantitative estimate of drug-likeness (QED) is 0.589. The lowest BCUT2D eigenvalue weighted by molar-refractivity contribution is -0.113. The molecule has 0 bridgehead atoms. The molecule has 0 saturated carbocycles. The van der Waals surface area contributed by atoms with Crippen LogP contribution in [0.4, 0.5) is 0 Å². The van der Waals surface area contributed by atoms with E-state index in [9.17, 15) is 4.79 Å². The predicted molar refractivity (Wildman–Crippen MR) is 55.6 cm³/mol. The minimum Gasteiger partial charge on any atom is -0.294 e. The number of allylic oxidation sites excluding steroid dienone is 4. The monoisotopic (exact) mass is 178 g/mol. The van der Waals surface area contributed by atoms with Crippen molar-refractivity contribution in [2.45, 2.75) is 45.4 Å². The minimum absolute atomic E-state index is 0.250. The molecule has 72 valence electrons. The first-order chi connectivity index (χ1) is 6.33. The standard InChI is InChI=1S/C12H18O/c1-2-3-4-5-6-7-11-8-9-12(13)10-11/h7-9H,2-6,10H2,1H3/b11-7-. The second-order valence-corrected chi connectivity index (χ2v) is 3.60. The molecule has 0 aromatic carbocycles. The Morgan fingerprint density at radius 3 is 2.77 bits per heavy atom. The van der Waals surface area contributed by atoms with Gasteiger partial charge in [-0.2, -0.15) is 0 Å². The highest BCUT2D eigenvalue weighted by molar-refractivity contribution is 5.95. The third kappa shape index (κ3) is 4.07. The summed E-state index contributed by atoms with van der Waals surface area (Å²) in [5, 5.41) is 0. The Morgan fingerprint density at radius 2 is 2.15 bits per heavy atom. The molecule has 1 aliphatic carbocycles. The summed E-state index contributed by atoms with van der Waals surface area (Å²) in [6.45, 7) is 2.22. The molecule has 0 fully saturated rings. The zero-order valence-electron chi connectivity index (χ0n) is 8.38. The largest absolute Gasteiger partial charge is 0.294 e. The summed E-state index contributed by atoms with van der Waals surface area (Å²) in [6, 6.07) is 0. The van der Waals surface area contributed by atoms with Crippen molar-refractivity contribution in [1.29, 1.82) is 0 Å². The van der Waals surface area contributed by atoms with E-state index >= 15 is 0 Å². The number of hydrogen-bond acceptors (Lipinski definition) is 1. The first kappa shape index (κ1) is 10.2. The molecule has 1 rings (SSSR count). The second kappa shape index (κ2) is 5.74. The van der Waals surface area contributed by atoms with Gasteiger partial charge in [-0.25, -0.2) is 0 Å². The molecule has 0 amide bonds. The predicted octanol–water partition coefficient (Wildman–Crippen LogP) is 3.41. The molecule has 13 heavy (non-hydrogen) atoms. The van der Waals surface area contributed by atoms with E-state index in [1.807, 2.05) is 6.08 Å². The molecule has 0 aromatic rings. The van der Waals surface area contributed by atoms with E-state index in [4.69, 9.17) is 0 Å². The van der Waals surface area contributed by atoms with Crippen molar-refractivity contribution >= 4 is 5.78 Å². The zero-order chi connectivity index (χ0) is 9.52. The summed E-state index contributed by atoms with van der Waals surface area (Å²) >= 11 is 0. The lowest BCUT2D eigenvalue weighted by Gasteiger charge is -1.95. The average molecular weight is 178 g/mol. The van der Waals surface area contributed by atoms with Crippen LogP contribution in [-0.2, 0) is 4.79 Å². The van der Waals surface area contributed by atoms with Crippen LogP contribution in [-0.4, -0.2) is 5.78 Å². The molecule has 1 heteroatoms. The Hall–Kier alpha value is -0.850. The maximum atomic E-state index is 10.9. The van der Waals surface area contributed by atoms with Crippen molar-refractivity contribution in [3.63, 3.8) is 0 Å². The smallest absolute Gasteiger partial charge is 0.160 e. The minimum atomic E-state index is 0.250.